The predicted octanol–water partition coefficient (Wildman–Crippen LogP) is 2.81. The predicted molar refractivity (Wildman–Crippen MR) is 51.1 cm³/mol. The van der Waals surface area contributed by atoms with E-state index in [9.17, 15) is 13.2 Å². The Morgan fingerprint density at radius 2 is 2.23 bits per heavy atom. The lowest BCUT2D eigenvalue weighted by Crippen LogP contribution is -1.96. The Balaban J connectivity index is 3.38. The Labute approximate surface area is 90.5 Å². The summed E-state index contributed by atoms with van der Waals surface area (Å²) in [5.74, 6) is 0. The Bertz CT molecular complexity index is 359. The molecular formula is C7H4BrClFO2S-. The summed E-state index contributed by atoms with van der Waals surface area (Å²) < 4.78 is 34.1. The lowest BCUT2D eigenvalue weighted by atomic mass is 10.2. The van der Waals surface area contributed by atoms with Gasteiger partial charge in [0, 0.05) is 14.9 Å². The fourth-order valence-electron chi connectivity index (χ4n) is 0.856. The van der Waals surface area contributed by atoms with Gasteiger partial charge in [0.2, 0.25) is 0 Å². The highest BCUT2D eigenvalue weighted by atomic mass is 79.9. The van der Waals surface area contributed by atoms with Crippen LogP contribution in [0.4, 0.5) is 4.39 Å². The molecule has 0 saturated carbocycles. The molecule has 0 aliphatic carbocycles. The molecule has 1 rings (SSSR count). The first kappa shape index (κ1) is 11.1. The van der Waals surface area contributed by atoms with Crippen molar-refractivity contribution in [2.75, 3.05) is 0 Å². The van der Waals surface area contributed by atoms with E-state index in [4.69, 9.17) is 11.6 Å². The Morgan fingerprint density at radius 3 is 2.69 bits per heavy atom. The van der Waals surface area contributed by atoms with E-state index in [0.29, 0.717) is 4.47 Å². The number of halogens is 3. The highest BCUT2D eigenvalue weighted by molar-refractivity contribution is 9.10. The van der Waals surface area contributed by atoms with E-state index in [1.807, 2.05) is 0 Å². The van der Waals surface area contributed by atoms with Crippen LogP contribution in [0.3, 0.4) is 0 Å². The maximum atomic E-state index is 12.4. The van der Waals surface area contributed by atoms with E-state index < -0.39 is 17.8 Å². The molecule has 0 bridgehead atoms. The molecule has 1 unspecified atom stereocenters. The average Bonchev–Trinajstić information content (AvgIpc) is 2.09. The van der Waals surface area contributed by atoms with Gasteiger partial charge in [0.25, 0.3) is 0 Å². The maximum Gasteiger partial charge on any atom is 0.117 e. The molecule has 13 heavy (non-hydrogen) atoms. The minimum absolute atomic E-state index is 0.00984. The third kappa shape index (κ3) is 2.28. The SMILES string of the molecule is O=S([O-])c1ccc(Br)c(Cl)c1CF. The van der Waals surface area contributed by atoms with Crippen LogP contribution in [0, 0.1) is 0 Å². The van der Waals surface area contributed by atoms with Gasteiger partial charge in [-0.1, -0.05) is 11.6 Å². The Morgan fingerprint density at radius 1 is 1.62 bits per heavy atom. The highest BCUT2D eigenvalue weighted by Crippen LogP contribution is 2.30. The second-order valence-electron chi connectivity index (χ2n) is 2.21. The van der Waals surface area contributed by atoms with E-state index in [1.165, 1.54) is 12.1 Å². The minimum atomic E-state index is -2.45. The van der Waals surface area contributed by atoms with E-state index in [2.05, 4.69) is 15.9 Å². The van der Waals surface area contributed by atoms with Crippen molar-refractivity contribution in [3.05, 3.63) is 27.2 Å². The van der Waals surface area contributed by atoms with Crippen LogP contribution in [-0.2, 0) is 17.8 Å². The van der Waals surface area contributed by atoms with Gasteiger partial charge in [0.15, 0.2) is 0 Å². The summed E-state index contributed by atoms with van der Waals surface area (Å²) in [6, 6.07) is 2.76. The summed E-state index contributed by atoms with van der Waals surface area (Å²) in [5.41, 5.74) is -0.00984. The van der Waals surface area contributed by atoms with Gasteiger partial charge in [0.1, 0.15) is 6.67 Å². The van der Waals surface area contributed by atoms with Gasteiger partial charge in [-0.2, -0.15) is 0 Å². The van der Waals surface area contributed by atoms with E-state index in [0.717, 1.165) is 0 Å². The van der Waals surface area contributed by atoms with Crippen molar-refractivity contribution in [2.45, 2.75) is 11.6 Å². The molecule has 0 aliphatic rings. The monoisotopic (exact) mass is 285 g/mol. The van der Waals surface area contributed by atoms with E-state index in [-0.39, 0.29) is 15.5 Å². The quantitative estimate of drug-likeness (QED) is 0.784. The zero-order chi connectivity index (χ0) is 10.0. The van der Waals surface area contributed by atoms with Gasteiger partial charge in [-0.3, -0.25) is 4.21 Å². The van der Waals surface area contributed by atoms with Crippen LogP contribution >= 0.6 is 27.5 Å². The first-order valence-electron chi connectivity index (χ1n) is 3.20. The van der Waals surface area contributed by atoms with Crippen molar-refractivity contribution < 1.29 is 13.2 Å². The zero-order valence-electron chi connectivity index (χ0n) is 6.22. The molecule has 0 amide bonds. The van der Waals surface area contributed by atoms with Crippen LogP contribution in [0.5, 0.6) is 0 Å². The molecular weight excluding hydrogens is 282 g/mol. The summed E-state index contributed by atoms with van der Waals surface area (Å²) in [6.45, 7) is -0.901. The normalized spacial score (nSPS) is 12.9. The number of rotatable bonds is 2. The molecule has 1 atom stereocenters. The van der Waals surface area contributed by atoms with E-state index >= 15 is 0 Å². The first-order chi connectivity index (χ1) is 6.07. The smallest absolute Gasteiger partial charge is 0.117 e. The second kappa shape index (κ2) is 4.50. The maximum absolute atomic E-state index is 12.4. The largest absolute Gasteiger partial charge is 0.768 e. The molecule has 0 aromatic heterocycles. The molecule has 1 aromatic rings. The summed E-state index contributed by atoms with van der Waals surface area (Å²) in [7, 11) is 0. The molecule has 0 saturated heterocycles. The number of hydrogen-bond acceptors (Lipinski definition) is 2. The minimum Gasteiger partial charge on any atom is -0.768 e. The Hall–Kier alpha value is 0.0300. The van der Waals surface area contributed by atoms with Gasteiger partial charge in [-0.05, 0) is 39.1 Å². The van der Waals surface area contributed by atoms with Crippen molar-refractivity contribution in [3.8, 4) is 0 Å². The van der Waals surface area contributed by atoms with Crippen molar-refractivity contribution in [1.29, 1.82) is 0 Å². The standard InChI is InChI=1S/C7H5BrClFO2S/c8-5-1-2-6(13(11)12)4(3-10)7(5)9/h1-2H,3H2,(H,11,12)/p-1. The average molecular weight is 287 g/mol. The van der Waals surface area contributed by atoms with Crippen LogP contribution < -0.4 is 0 Å². The van der Waals surface area contributed by atoms with Crippen molar-refractivity contribution in [3.63, 3.8) is 0 Å². The van der Waals surface area contributed by atoms with Gasteiger partial charge < -0.3 is 4.55 Å². The number of alkyl halides is 1. The zero-order valence-corrected chi connectivity index (χ0v) is 9.38. The van der Waals surface area contributed by atoms with Crippen LogP contribution in [0.2, 0.25) is 5.02 Å². The van der Waals surface area contributed by atoms with Crippen LogP contribution in [-0.4, -0.2) is 8.76 Å². The lowest BCUT2D eigenvalue weighted by Gasteiger charge is -2.11. The fourth-order valence-corrected chi connectivity index (χ4v) is 2.04. The first-order valence-corrected chi connectivity index (χ1v) is 5.44. The fraction of sp³-hybridized carbons (Fsp3) is 0.143. The molecule has 0 heterocycles. The van der Waals surface area contributed by atoms with Crippen molar-refractivity contribution in [2.24, 2.45) is 0 Å². The summed E-state index contributed by atoms with van der Waals surface area (Å²) in [5, 5.41) is 0.101. The second-order valence-corrected chi connectivity index (χ2v) is 4.35. The molecule has 0 spiro atoms. The van der Waals surface area contributed by atoms with Crippen LogP contribution in [0.15, 0.2) is 21.5 Å². The molecule has 1 aromatic carbocycles. The molecule has 6 heteroatoms. The van der Waals surface area contributed by atoms with Gasteiger partial charge in [0.05, 0.1) is 5.02 Å². The van der Waals surface area contributed by atoms with Gasteiger partial charge in [-0.15, -0.1) is 0 Å². The summed E-state index contributed by atoms with van der Waals surface area (Å²) >= 11 is 6.30. The molecule has 72 valence electrons. The molecule has 0 N–H and O–H groups in total. The van der Waals surface area contributed by atoms with Crippen LogP contribution in [0.25, 0.3) is 0 Å². The van der Waals surface area contributed by atoms with Crippen molar-refractivity contribution in [1.82, 2.24) is 0 Å². The van der Waals surface area contributed by atoms with Crippen molar-refractivity contribution >= 4 is 38.6 Å². The molecule has 2 nitrogen and oxygen atoms in total. The third-order valence-electron chi connectivity index (χ3n) is 1.47. The number of hydrogen-bond donors (Lipinski definition) is 0. The van der Waals surface area contributed by atoms with Gasteiger partial charge in [-0.25, -0.2) is 4.39 Å². The van der Waals surface area contributed by atoms with E-state index in [1.54, 1.807) is 0 Å². The summed E-state index contributed by atoms with van der Waals surface area (Å²) in [4.78, 5) is -0.101. The highest BCUT2D eigenvalue weighted by Gasteiger charge is 2.10. The van der Waals surface area contributed by atoms with Crippen LogP contribution in [0.1, 0.15) is 5.56 Å². The Kier molecular flexibility index (Phi) is 3.85. The molecule has 0 fully saturated rings. The topological polar surface area (TPSA) is 40.1 Å². The summed E-state index contributed by atoms with van der Waals surface area (Å²) in [6.07, 6.45) is 0. The number of benzene rings is 1. The molecule has 0 radical (unpaired) electrons. The lowest BCUT2D eigenvalue weighted by molar-refractivity contribution is 0.475. The van der Waals surface area contributed by atoms with Gasteiger partial charge >= 0.3 is 0 Å². The third-order valence-corrected chi connectivity index (χ3v) is 3.53. The molecule has 0 aliphatic heterocycles.